The number of methoxy groups -OCH3 is 1. The predicted octanol–water partition coefficient (Wildman–Crippen LogP) is 2.98. The number of rotatable bonds is 4. The zero-order chi connectivity index (χ0) is 14.7. The summed E-state index contributed by atoms with van der Waals surface area (Å²) in [5.41, 5.74) is 9.57. The van der Waals surface area contributed by atoms with Crippen LogP contribution >= 0.6 is 11.6 Å². The van der Waals surface area contributed by atoms with Crippen molar-refractivity contribution in [3.63, 3.8) is 0 Å². The normalized spacial score (nSPS) is 10.4. The summed E-state index contributed by atoms with van der Waals surface area (Å²) in [5.74, 6) is 0.559. The van der Waals surface area contributed by atoms with E-state index in [4.69, 9.17) is 22.1 Å². The molecular weight excluding hydrogens is 274 g/mol. The van der Waals surface area contributed by atoms with E-state index in [0.717, 1.165) is 16.9 Å². The van der Waals surface area contributed by atoms with Crippen molar-refractivity contribution in [1.29, 1.82) is 0 Å². The van der Waals surface area contributed by atoms with Crippen LogP contribution in [0.4, 0.5) is 11.4 Å². The number of benzene rings is 1. The summed E-state index contributed by atoms with van der Waals surface area (Å²) in [6, 6.07) is 9.84. The Bertz CT molecular complexity index is 614. The average Bonchev–Trinajstić information content (AvgIpc) is 2.42. The van der Waals surface area contributed by atoms with Crippen LogP contribution in [0.2, 0.25) is 5.15 Å². The van der Waals surface area contributed by atoms with Gasteiger partial charge in [-0.1, -0.05) is 23.7 Å². The lowest BCUT2D eigenvalue weighted by atomic mass is 10.1. The topological polar surface area (TPSA) is 51.4 Å². The number of aromatic nitrogens is 1. The van der Waals surface area contributed by atoms with Gasteiger partial charge in [-0.3, -0.25) is 0 Å². The highest BCUT2D eigenvalue weighted by Gasteiger charge is 2.11. The van der Waals surface area contributed by atoms with Gasteiger partial charge in [0.25, 0.3) is 0 Å². The minimum atomic E-state index is 0.384. The molecule has 1 aromatic carbocycles. The molecule has 20 heavy (non-hydrogen) atoms. The Morgan fingerprint density at radius 3 is 2.70 bits per heavy atom. The van der Waals surface area contributed by atoms with Crippen molar-refractivity contribution in [2.24, 2.45) is 0 Å². The van der Waals surface area contributed by atoms with Crippen LogP contribution in [0.25, 0.3) is 0 Å². The largest absolute Gasteiger partial charge is 0.494 e. The molecule has 1 heterocycles. The molecule has 0 fully saturated rings. The van der Waals surface area contributed by atoms with Crippen LogP contribution in [0.15, 0.2) is 30.3 Å². The maximum absolute atomic E-state index is 6.05. The first kappa shape index (κ1) is 14.5. The van der Waals surface area contributed by atoms with E-state index in [2.05, 4.69) is 22.0 Å². The molecule has 0 aliphatic carbocycles. The molecule has 1 aromatic heterocycles. The number of anilines is 2. The quantitative estimate of drug-likeness (QED) is 0.880. The molecule has 106 valence electrons. The molecular formula is C15H18ClN3O. The molecule has 5 heteroatoms. The lowest BCUT2D eigenvalue weighted by Gasteiger charge is -2.14. The van der Waals surface area contributed by atoms with Gasteiger partial charge in [0.1, 0.15) is 10.9 Å². The van der Waals surface area contributed by atoms with Crippen molar-refractivity contribution in [3.05, 3.63) is 46.7 Å². The standard InChI is InChI=1S/C15H18ClN3O/c1-19(2)11-6-4-5-10(7-11)8-12-15(17)13(20-3)9-14(16)18-12/h4-7,9H,8,17H2,1-3H3. The Labute approximate surface area is 124 Å². The number of nitrogen functional groups attached to an aromatic ring is 1. The Hall–Kier alpha value is -1.94. The van der Waals surface area contributed by atoms with Gasteiger partial charge in [-0.2, -0.15) is 0 Å². The van der Waals surface area contributed by atoms with Crippen LogP contribution in [-0.4, -0.2) is 26.2 Å². The Morgan fingerprint density at radius 1 is 1.30 bits per heavy atom. The van der Waals surface area contributed by atoms with E-state index in [9.17, 15) is 0 Å². The van der Waals surface area contributed by atoms with E-state index in [0.29, 0.717) is 23.0 Å². The molecule has 0 aliphatic rings. The third-order valence-corrected chi connectivity index (χ3v) is 3.28. The number of hydrogen-bond acceptors (Lipinski definition) is 4. The lowest BCUT2D eigenvalue weighted by molar-refractivity contribution is 0.416. The van der Waals surface area contributed by atoms with Gasteiger partial charge in [-0.15, -0.1) is 0 Å². The smallest absolute Gasteiger partial charge is 0.146 e. The molecule has 0 atom stereocenters. The maximum atomic E-state index is 6.05. The summed E-state index contributed by atoms with van der Waals surface area (Å²) < 4.78 is 5.21. The summed E-state index contributed by atoms with van der Waals surface area (Å²) in [5, 5.41) is 0.384. The second-order valence-electron chi connectivity index (χ2n) is 4.75. The van der Waals surface area contributed by atoms with Crippen molar-refractivity contribution in [2.45, 2.75) is 6.42 Å². The monoisotopic (exact) mass is 291 g/mol. The highest BCUT2D eigenvalue weighted by molar-refractivity contribution is 6.29. The first-order valence-electron chi connectivity index (χ1n) is 6.26. The first-order valence-corrected chi connectivity index (χ1v) is 6.64. The van der Waals surface area contributed by atoms with Crippen molar-refractivity contribution in [2.75, 3.05) is 31.8 Å². The minimum absolute atomic E-state index is 0.384. The van der Waals surface area contributed by atoms with Gasteiger partial charge in [0.05, 0.1) is 18.5 Å². The molecule has 2 rings (SSSR count). The molecule has 0 saturated heterocycles. The van der Waals surface area contributed by atoms with E-state index >= 15 is 0 Å². The number of nitrogens with zero attached hydrogens (tertiary/aromatic N) is 2. The number of halogens is 1. The van der Waals surface area contributed by atoms with Gasteiger partial charge in [0.15, 0.2) is 0 Å². The van der Waals surface area contributed by atoms with Crippen molar-refractivity contribution in [3.8, 4) is 5.75 Å². The van der Waals surface area contributed by atoms with Gasteiger partial charge < -0.3 is 15.4 Å². The molecule has 0 unspecified atom stereocenters. The molecule has 0 saturated carbocycles. The van der Waals surface area contributed by atoms with Gasteiger partial charge in [0, 0.05) is 32.3 Å². The first-order chi connectivity index (χ1) is 9.51. The predicted molar refractivity (Wildman–Crippen MR) is 83.8 cm³/mol. The van der Waals surface area contributed by atoms with Crippen LogP contribution in [0.5, 0.6) is 5.75 Å². The summed E-state index contributed by atoms with van der Waals surface area (Å²) in [6.45, 7) is 0. The minimum Gasteiger partial charge on any atom is -0.494 e. The van der Waals surface area contributed by atoms with E-state index in [-0.39, 0.29) is 0 Å². The fourth-order valence-corrected chi connectivity index (χ4v) is 2.19. The highest BCUT2D eigenvalue weighted by Crippen LogP contribution is 2.29. The van der Waals surface area contributed by atoms with Crippen molar-refractivity contribution < 1.29 is 4.74 Å². The van der Waals surface area contributed by atoms with E-state index < -0.39 is 0 Å². The third kappa shape index (κ3) is 3.14. The number of hydrogen-bond donors (Lipinski definition) is 1. The molecule has 4 nitrogen and oxygen atoms in total. The lowest BCUT2D eigenvalue weighted by Crippen LogP contribution is -2.09. The fourth-order valence-electron chi connectivity index (χ4n) is 1.99. The molecule has 0 amide bonds. The van der Waals surface area contributed by atoms with E-state index in [1.54, 1.807) is 13.2 Å². The second-order valence-corrected chi connectivity index (χ2v) is 5.14. The van der Waals surface area contributed by atoms with Crippen LogP contribution in [0.3, 0.4) is 0 Å². The fraction of sp³-hybridized carbons (Fsp3) is 0.267. The van der Waals surface area contributed by atoms with E-state index in [1.807, 2.05) is 26.2 Å². The number of ether oxygens (including phenoxy) is 1. The SMILES string of the molecule is COc1cc(Cl)nc(Cc2cccc(N(C)C)c2)c1N. The van der Waals surface area contributed by atoms with Gasteiger partial charge in [-0.05, 0) is 17.7 Å². The zero-order valence-corrected chi connectivity index (χ0v) is 12.6. The van der Waals surface area contributed by atoms with Gasteiger partial charge in [0.2, 0.25) is 0 Å². The van der Waals surface area contributed by atoms with Crippen molar-refractivity contribution in [1.82, 2.24) is 4.98 Å². The van der Waals surface area contributed by atoms with E-state index in [1.165, 1.54) is 0 Å². The van der Waals surface area contributed by atoms with Gasteiger partial charge >= 0.3 is 0 Å². The molecule has 2 N–H and O–H groups in total. The molecule has 0 spiro atoms. The maximum Gasteiger partial charge on any atom is 0.146 e. The Kier molecular flexibility index (Phi) is 4.35. The van der Waals surface area contributed by atoms with Crippen LogP contribution in [0, 0.1) is 0 Å². The summed E-state index contributed by atoms with van der Waals surface area (Å²) in [6.07, 6.45) is 0.616. The molecule has 0 aliphatic heterocycles. The molecule has 0 radical (unpaired) electrons. The van der Waals surface area contributed by atoms with Gasteiger partial charge in [-0.25, -0.2) is 4.98 Å². The zero-order valence-electron chi connectivity index (χ0n) is 11.9. The Morgan fingerprint density at radius 2 is 2.05 bits per heavy atom. The molecule has 0 bridgehead atoms. The molecule has 2 aromatic rings. The van der Waals surface area contributed by atoms with Crippen LogP contribution < -0.4 is 15.4 Å². The summed E-state index contributed by atoms with van der Waals surface area (Å²) >= 11 is 5.99. The van der Waals surface area contributed by atoms with Crippen molar-refractivity contribution >= 4 is 23.0 Å². The third-order valence-electron chi connectivity index (χ3n) is 3.09. The average molecular weight is 292 g/mol. The summed E-state index contributed by atoms with van der Waals surface area (Å²) in [7, 11) is 5.58. The highest BCUT2D eigenvalue weighted by atomic mass is 35.5. The van der Waals surface area contributed by atoms with Crippen LogP contribution in [0.1, 0.15) is 11.3 Å². The Balaban J connectivity index is 2.35. The van der Waals surface area contributed by atoms with Crippen LogP contribution in [-0.2, 0) is 6.42 Å². The number of nitrogens with two attached hydrogens (primary N) is 1. The number of pyridine rings is 1. The second kappa shape index (κ2) is 6.01. The summed E-state index contributed by atoms with van der Waals surface area (Å²) in [4.78, 5) is 6.35.